The maximum Gasteiger partial charge on any atom is 0.118 e. The zero-order valence-corrected chi connectivity index (χ0v) is 12.3. The molecule has 0 heterocycles. The molecule has 0 saturated carbocycles. The molecule has 2 rings (SSSR count). The Morgan fingerprint density at radius 2 is 1.65 bits per heavy atom. The van der Waals surface area contributed by atoms with Gasteiger partial charge in [-0.05, 0) is 43.0 Å². The van der Waals surface area contributed by atoms with Crippen molar-refractivity contribution in [3.63, 3.8) is 0 Å². The minimum Gasteiger partial charge on any atom is -0.497 e. The number of hydrogen-bond acceptors (Lipinski definition) is 2. The fourth-order valence-electron chi connectivity index (χ4n) is 2.17. The van der Waals surface area contributed by atoms with Gasteiger partial charge in [-0.25, -0.2) is 0 Å². The summed E-state index contributed by atoms with van der Waals surface area (Å²) in [5, 5.41) is 3.57. The van der Waals surface area contributed by atoms with E-state index in [1.807, 2.05) is 12.1 Å². The molecule has 106 valence electrons. The highest BCUT2D eigenvalue weighted by atomic mass is 16.5. The Bertz CT molecular complexity index is 493. The van der Waals surface area contributed by atoms with Crippen molar-refractivity contribution in [1.29, 1.82) is 0 Å². The standard InChI is InChI=1S/C18H23NO/c1-15(8-9-16-6-4-3-5-7-16)19-14-17-10-12-18(20-2)13-11-17/h3-7,10-13,15,19H,8-9,14H2,1-2H3/t15-/m1/s1. The van der Waals surface area contributed by atoms with E-state index < -0.39 is 0 Å². The van der Waals surface area contributed by atoms with Gasteiger partial charge in [-0.1, -0.05) is 42.5 Å². The van der Waals surface area contributed by atoms with Crippen molar-refractivity contribution in [2.75, 3.05) is 7.11 Å². The molecule has 1 atom stereocenters. The van der Waals surface area contributed by atoms with E-state index in [-0.39, 0.29) is 0 Å². The van der Waals surface area contributed by atoms with Crippen LogP contribution in [0.5, 0.6) is 5.75 Å². The van der Waals surface area contributed by atoms with Crippen LogP contribution in [0, 0.1) is 0 Å². The van der Waals surface area contributed by atoms with Gasteiger partial charge in [-0.2, -0.15) is 0 Å². The second-order valence-electron chi connectivity index (χ2n) is 5.15. The molecule has 0 aliphatic rings. The first-order valence-electron chi connectivity index (χ1n) is 7.18. The van der Waals surface area contributed by atoms with Gasteiger partial charge in [0.05, 0.1) is 7.11 Å². The monoisotopic (exact) mass is 269 g/mol. The molecule has 0 amide bonds. The van der Waals surface area contributed by atoms with E-state index in [2.05, 4.69) is 54.7 Å². The molecule has 0 unspecified atom stereocenters. The summed E-state index contributed by atoms with van der Waals surface area (Å²) in [7, 11) is 1.69. The Balaban J connectivity index is 1.73. The molecule has 2 aromatic carbocycles. The quantitative estimate of drug-likeness (QED) is 0.825. The largest absolute Gasteiger partial charge is 0.497 e. The van der Waals surface area contributed by atoms with Crippen LogP contribution in [-0.2, 0) is 13.0 Å². The lowest BCUT2D eigenvalue weighted by atomic mass is 10.1. The highest BCUT2D eigenvalue weighted by Crippen LogP contribution is 2.11. The van der Waals surface area contributed by atoms with Gasteiger partial charge in [0, 0.05) is 12.6 Å². The predicted octanol–water partition coefficient (Wildman–Crippen LogP) is 3.81. The lowest BCUT2D eigenvalue weighted by Gasteiger charge is -2.14. The molecule has 0 bridgehead atoms. The van der Waals surface area contributed by atoms with Crippen LogP contribution in [0.25, 0.3) is 0 Å². The van der Waals surface area contributed by atoms with E-state index in [1.165, 1.54) is 11.1 Å². The topological polar surface area (TPSA) is 21.3 Å². The molecule has 0 aliphatic carbocycles. The van der Waals surface area contributed by atoms with E-state index in [0.29, 0.717) is 6.04 Å². The van der Waals surface area contributed by atoms with Crippen LogP contribution in [0.3, 0.4) is 0 Å². The number of ether oxygens (including phenoxy) is 1. The van der Waals surface area contributed by atoms with Crippen LogP contribution in [0.15, 0.2) is 54.6 Å². The molecule has 0 spiro atoms. The number of benzene rings is 2. The van der Waals surface area contributed by atoms with Crippen molar-refractivity contribution >= 4 is 0 Å². The summed E-state index contributed by atoms with van der Waals surface area (Å²) in [6.45, 7) is 3.15. The third-order valence-electron chi connectivity index (χ3n) is 3.52. The van der Waals surface area contributed by atoms with Crippen LogP contribution in [-0.4, -0.2) is 13.2 Å². The third-order valence-corrected chi connectivity index (χ3v) is 3.52. The maximum atomic E-state index is 5.16. The predicted molar refractivity (Wildman–Crippen MR) is 84.1 cm³/mol. The molecular formula is C18H23NO. The number of rotatable bonds is 7. The minimum absolute atomic E-state index is 0.511. The summed E-state index contributed by atoms with van der Waals surface area (Å²) in [5.41, 5.74) is 2.70. The van der Waals surface area contributed by atoms with Gasteiger partial charge in [0.15, 0.2) is 0 Å². The van der Waals surface area contributed by atoms with Crippen molar-refractivity contribution in [2.24, 2.45) is 0 Å². The molecule has 2 heteroatoms. The first-order valence-corrected chi connectivity index (χ1v) is 7.18. The van der Waals surface area contributed by atoms with Gasteiger partial charge >= 0.3 is 0 Å². The molecule has 0 aliphatic heterocycles. The van der Waals surface area contributed by atoms with Gasteiger partial charge in [-0.15, -0.1) is 0 Å². The van der Waals surface area contributed by atoms with E-state index in [9.17, 15) is 0 Å². The number of methoxy groups -OCH3 is 1. The summed E-state index contributed by atoms with van der Waals surface area (Å²) in [5.74, 6) is 0.908. The van der Waals surface area contributed by atoms with Gasteiger partial charge in [0.2, 0.25) is 0 Å². The summed E-state index contributed by atoms with van der Waals surface area (Å²) < 4.78 is 5.16. The van der Waals surface area contributed by atoms with Gasteiger partial charge < -0.3 is 10.1 Å². The zero-order valence-electron chi connectivity index (χ0n) is 12.3. The minimum atomic E-state index is 0.511. The Hall–Kier alpha value is -1.80. The first-order chi connectivity index (χ1) is 9.78. The SMILES string of the molecule is COc1ccc(CN[C@H](C)CCc2ccccc2)cc1. The van der Waals surface area contributed by atoms with E-state index in [1.54, 1.807) is 7.11 Å². The number of hydrogen-bond donors (Lipinski definition) is 1. The van der Waals surface area contributed by atoms with Crippen LogP contribution in [0.2, 0.25) is 0 Å². The van der Waals surface area contributed by atoms with Crippen molar-refractivity contribution in [1.82, 2.24) is 5.32 Å². The number of nitrogens with one attached hydrogen (secondary N) is 1. The Morgan fingerprint density at radius 3 is 2.30 bits per heavy atom. The highest BCUT2D eigenvalue weighted by Gasteiger charge is 2.02. The highest BCUT2D eigenvalue weighted by molar-refractivity contribution is 5.27. The van der Waals surface area contributed by atoms with E-state index in [0.717, 1.165) is 25.1 Å². The normalized spacial score (nSPS) is 12.1. The fourth-order valence-corrected chi connectivity index (χ4v) is 2.17. The maximum absolute atomic E-state index is 5.16. The molecule has 0 radical (unpaired) electrons. The third kappa shape index (κ3) is 4.71. The first kappa shape index (κ1) is 14.6. The molecule has 0 saturated heterocycles. The summed E-state index contributed by atoms with van der Waals surface area (Å²) in [6, 6.07) is 19.4. The van der Waals surface area contributed by atoms with E-state index >= 15 is 0 Å². The average Bonchev–Trinajstić information content (AvgIpc) is 2.52. The molecular weight excluding hydrogens is 246 g/mol. The Labute approximate surface area is 121 Å². The zero-order chi connectivity index (χ0) is 14.2. The van der Waals surface area contributed by atoms with E-state index in [4.69, 9.17) is 4.74 Å². The van der Waals surface area contributed by atoms with Crippen LogP contribution in [0.4, 0.5) is 0 Å². The second-order valence-corrected chi connectivity index (χ2v) is 5.15. The molecule has 2 aromatic rings. The fraction of sp³-hybridized carbons (Fsp3) is 0.333. The van der Waals surface area contributed by atoms with Crippen LogP contribution in [0.1, 0.15) is 24.5 Å². The van der Waals surface area contributed by atoms with Crippen molar-refractivity contribution in [2.45, 2.75) is 32.4 Å². The Morgan fingerprint density at radius 1 is 0.950 bits per heavy atom. The summed E-state index contributed by atoms with van der Waals surface area (Å²) in [4.78, 5) is 0. The second kappa shape index (κ2) is 7.71. The molecule has 1 N–H and O–H groups in total. The lowest BCUT2D eigenvalue weighted by Crippen LogP contribution is -2.25. The van der Waals surface area contributed by atoms with Gasteiger partial charge in [0.25, 0.3) is 0 Å². The molecule has 0 aromatic heterocycles. The van der Waals surface area contributed by atoms with Gasteiger partial charge in [0.1, 0.15) is 5.75 Å². The smallest absolute Gasteiger partial charge is 0.118 e. The summed E-state index contributed by atoms with van der Waals surface area (Å²) in [6.07, 6.45) is 2.28. The van der Waals surface area contributed by atoms with Crippen molar-refractivity contribution < 1.29 is 4.74 Å². The van der Waals surface area contributed by atoms with Crippen molar-refractivity contribution in [3.05, 3.63) is 65.7 Å². The van der Waals surface area contributed by atoms with Gasteiger partial charge in [-0.3, -0.25) is 0 Å². The number of aryl methyl sites for hydroxylation is 1. The lowest BCUT2D eigenvalue weighted by molar-refractivity contribution is 0.414. The van der Waals surface area contributed by atoms with Crippen molar-refractivity contribution in [3.8, 4) is 5.75 Å². The van der Waals surface area contributed by atoms with Crippen LogP contribution < -0.4 is 10.1 Å². The average molecular weight is 269 g/mol. The van der Waals surface area contributed by atoms with Crippen LogP contribution >= 0.6 is 0 Å². The molecule has 2 nitrogen and oxygen atoms in total. The molecule has 20 heavy (non-hydrogen) atoms. The Kier molecular flexibility index (Phi) is 5.63. The molecule has 0 fully saturated rings. The summed E-state index contributed by atoms with van der Waals surface area (Å²) >= 11 is 0.